The van der Waals surface area contributed by atoms with Gasteiger partial charge in [-0.1, -0.05) is 37.3 Å². The lowest BCUT2D eigenvalue weighted by Crippen LogP contribution is -2.35. The maximum absolute atomic E-state index is 5.26. The van der Waals surface area contributed by atoms with Crippen molar-refractivity contribution in [1.82, 2.24) is 5.32 Å². The van der Waals surface area contributed by atoms with Gasteiger partial charge in [-0.25, -0.2) is 0 Å². The number of ether oxygens (including phenoxy) is 1. The number of methoxy groups -OCH3 is 1. The minimum Gasteiger partial charge on any atom is -0.384 e. The highest BCUT2D eigenvalue weighted by atomic mass is 16.5. The first kappa shape index (κ1) is 11.6. The molecule has 1 N–H and O–H groups in total. The van der Waals surface area contributed by atoms with Gasteiger partial charge in [0.05, 0.1) is 6.61 Å². The molecule has 0 bridgehead atoms. The van der Waals surface area contributed by atoms with E-state index < -0.39 is 0 Å². The van der Waals surface area contributed by atoms with Crippen LogP contribution in [-0.4, -0.2) is 26.3 Å². The zero-order valence-electron chi connectivity index (χ0n) is 10.1. The van der Waals surface area contributed by atoms with Gasteiger partial charge in [-0.15, -0.1) is 0 Å². The second-order valence-corrected chi connectivity index (χ2v) is 4.72. The Labute approximate surface area is 98.0 Å². The quantitative estimate of drug-likeness (QED) is 0.839. The lowest BCUT2D eigenvalue weighted by molar-refractivity contribution is 0.140. The summed E-state index contributed by atoms with van der Waals surface area (Å²) in [6.45, 7) is 4.22. The summed E-state index contributed by atoms with van der Waals surface area (Å²) in [5, 5.41) is 3.61. The largest absolute Gasteiger partial charge is 0.384 e. The van der Waals surface area contributed by atoms with Crippen molar-refractivity contribution < 1.29 is 4.74 Å². The van der Waals surface area contributed by atoms with Crippen LogP contribution in [0.3, 0.4) is 0 Å². The summed E-state index contributed by atoms with van der Waals surface area (Å²) in [6, 6.07) is 11.4. The molecule has 3 atom stereocenters. The van der Waals surface area contributed by atoms with E-state index in [2.05, 4.69) is 42.6 Å². The van der Waals surface area contributed by atoms with Crippen LogP contribution < -0.4 is 5.32 Å². The fraction of sp³-hybridized carbons (Fsp3) is 0.571. The fourth-order valence-corrected chi connectivity index (χ4v) is 2.77. The Kier molecular flexibility index (Phi) is 3.97. The van der Waals surface area contributed by atoms with Crippen molar-refractivity contribution in [1.29, 1.82) is 0 Å². The van der Waals surface area contributed by atoms with Crippen molar-refractivity contribution in [2.75, 3.05) is 20.3 Å². The van der Waals surface area contributed by atoms with Gasteiger partial charge in [0, 0.05) is 19.1 Å². The lowest BCUT2D eigenvalue weighted by Gasteiger charge is -2.25. The molecule has 1 aliphatic rings. The number of hydrogen-bond donors (Lipinski definition) is 1. The number of hydrogen-bond acceptors (Lipinski definition) is 2. The Morgan fingerprint density at radius 3 is 2.81 bits per heavy atom. The SMILES string of the molecule is COCC(C)C1NCCC1c1ccccc1. The highest BCUT2D eigenvalue weighted by molar-refractivity contribution is 5.23. The fourth-order valence-electron chi connectivity index (χ4n) is 2.77. The maximum atomic E-state index is 5.26. The molecular formula is C14H21NO. The van der Waals surface area contributed by atoms with Gasteiger partial charge in [0.2, 0.25) is 0 Å². The topological polar surface area (TPSA) is 21.3 Å². The third kappa shape index (κ3) is 2.45. The van der Waals surface area contributed by atoms with Crippen LogP contribution in [0.4, 0.5) is 0 Å². The third-order valence-corrected chi connectivity index (χ3v) is 3.54. The van der Waals surface area contributed by atoms with Crippen LogP contribution in [0.15, 0.2) is 30.3 Å². The Bertz CT molecular complexity index is 312. The maximum Gasteiger partial charge on any atom is 0.0502 e. The van der Waals surface area contributed by atoms with Crippen LogP contribution in [0.2, 0.25) is 0 Å². The Morgan fingerprint density at radius 2 is 2.12 bits per heavy atom. The van der Waals surface area contributed by atoms with Gasteiger partial charge in [-0.05, 0) is 24.4 Å². The summed E-state index contributed by atoms with van der Waals surface area (Å²) in [5.41, 5.74) is 1.46. The standard InChI is InChI=1S/C14H21NO/c1-11(10-16-2)14-13(8-9-15-14)12-6-4-3-5-7-12/h3-7,11,13-15H,8-10H2,1-2H3. The zero-order valence-corrected chi connectivity index (χ0v) is 10.1. The van der Waals surface area contributed by atoms with Gasteiger partial charge in [0.1, 0.15) is 0 Å². The van der Waals surface area contributed by atoms with E-state index in [9.17, 15) is 0 Å². The Hall–Kier alpha value is -0.860. The van der Waals surface area contributed by atoms with Crippen molar-refractivity contribution >= 4 is 0 Å². The Balaban J connectivity index is 2.09. The van der Waals surface area contributed by atoms with Crippen molar-refractivity contribution in [2.24, 2.45) is 5.92 Å². The molecule has 1 aromatic carbocycles. The summed E-state index contributed by atoms with van der Waals surface area (Å²) in [7, 11) is 1.78. The molecule has 1 heterocycles. The molecule has 0 radical (unpaired) electrons. The molecule has 2 rings (SSSR count). The second-order valence-electron chi connectivity index (χ2n) is 4.72. The van der Waals surface area contributed by atoms with Crippen molar-refractivity contribution in [3.8, 4) is 0 Å². The normalized spacial score (nSPS) is 26.9. The average molecular weight is 219 g/mol. The monoisotopic (exact) mass is 219 g/mol. The molecular weight excluding hydrogens is 198 g/mol. The third-order valence-electron chi connectivity index (χ3n) is 3.54. The summed E-state index contributed by atoms with van der Waals surface area (Å²) in [4.78, 5) is 0. The smallest absolute Gasteiger partial charge is 0.0502 e. The van der Waals surface area contributed by atoms with E-state index in [1.54, 1.807) is 7.11 Å². The first-order valence-electron chi connectivity index (χ1n) is 6.10. The first-order chi connectivity index (χ1) is 7.83. The van der Waals surface area contributed by atoms with Gasteiger partial charge in [0.15, 0.2) is 0 Å². The minimum atomic E-state index is 0.558. The summed E-state index contributed by atoms with van der Waals surface area (Å²) in [6.07, 6.45) is 1.24. The number of rotatable bonds is 4. The zero-order chi connectivity index (χ0) is 11.4. The minimum absolute atomic E-state index is 0.558. The molecule has 0 spiro atoms. The van der Waals surface area contributed by atoms with E-state index in [4.69, 9.17) is 4.74 Å². The van der Waals surface area contributed by atoms with Crippen LogP contribution >= 0.6 is 0 Å². The van der Waals surface area contributed by atoms with E-state index in [1.807, 2.05) is 0 Å². The molecule has 88 valence electrons. The highest BCUT2D eigenvalue weighted by Gasteiger charge is 2.31. The van der Waals surface area contributed by atoms with Gasteiger partial charge < -0.3 is 10.1 Å². The van der Waals surface area contributed by atoms with Gasteiger partial charge >= 0.3 is 0 Å². The molecule has 1 saturated heterocycles. The molecule has 2 nitrogen and oxygen atoms in total. The summed E-state index contributed by atoms with van der Waals surface area (Å²) >= 11 is 0. The molecule has 16 heavy (non-hydrogen) atoms. The average Bonchev–Trinajstić information content (AvgIpc) is 2.79. The predicted octanol–water partition coefficient (Wildman–Crippen LogP) is 2.41. The molecule has 0 aromatic heterocycles. The molecule has 0 aliphatic carbocycles. The molecule has 3 unspecified atom stereocenters. The van der Waals surface area contributed by atoms with Gasteiger partial charge in [-0.3, -0.25) is 0 Å². The molecule has 1 aliphatic heterocycles. The van der Waals surface area contributed by atoms with Gasteiger partial charge in [-0.2, -0.15) is 0 Å². The number of nitrogens with one attached hydrogen (secondary N) is 1. The summed E-state index contributed by atoms with van der Waals surface area (Å²) < 4.78 is 5.26. The predicted molar refractivity (Wildman–Crippen MR) is 66.6 cm³/mol. The van der Waals surface area contributed by atoms with Crippen molar-refractivity contribution in [2.45, 2.75) is 25.3 Å². The van der Waals surface area contributed by atoms with Crippen molar-refractivity contribution in [3.63, 3.8) is 0 Å². The Morgan fingerprint density at radius 1 is 1.38 bits per heavy atom. The van der Waals surface area contributed by atoms with E-state index >= 15 is 0 Å². The van der Waals surface area contributed by atoms with Crippen molar-refractivity contribution in [3.05, 3.63) is 35.9 Å². The van der Waals surface area contributed by atoms with Crippen LogP contribution in [-0.2, 0) is 4.74 Å². The molecule has 1 aromatic rings. The molecule has 1 fully saturated rings. The van der Waals surface area contributed by atoms with E-state index in [0.717, 1.165) is 13.2 Å². The van der Waals surface area contributed by atoms with Crippen LogP contribution in [0.1, 0.15) is 24.8 Å². The molecule has 2 heteroatoms. The highest BCUT2D eigenvalue weighted by Crippen LogP contribution is 2.31. The van der Waals surface area contributed by atoms with E-state index in [-0.39, 0.29) is 0 Å². The van der Waals surface area contributed by atoms with Gasteiger partial charge in [0.25, 0.3) is 0 Å². The number of benzene rings is 1. The summed E-state index contributed by atoms with van der Waals surface area (Å²) in [5.74, 6) is 1.21. The second kappa shape index (κ2) is 5.46. The lowest BCUT2D eigenvalue weighted by atomic mass is 9.86. The van der Waals surface area contributed by atoms with Crippen LogP contribution in [0.25, 0.3) is 0 Å². The molecule has 0 saturated carbocycles. The van der Waals surface area contributed by atoms with Crippen LogP contribution in [0.5, 0.6) is 0 Å². The van der Waals surface area contributed by atoms with E-state index in [0.29, 0.717) is 17.9 Å². The van der Waals surface area contributed by atoms with Crippen LogP contribution in [0, 0.1) is 5.92 Å². The van der Waals surface area contributed by atoms with E-state index in [1.165, 1.54) is 12.0 Å². The molecule has 0 amide bonds. The first-order valence-corrected chi connectivity index (χ1v) is 6.10.